The Labute approximate surface area is 203 Å². The topological polar surface area (TPSA) is 95.2 Å². The van der Waals surface area contributed by atoms with E-state index >= 15 is 4.39 Å². The molecule has 1 N–H and O–H groups in total. The number of hydrogen-bond acceptors (Lipinski definition) is 7. The van der Waals surface area contributed by atoms with E-state index < -0.39 is 11.6 Å². The van der Waals surface area contributed by atoms with Crippen molar-refractivity contribution in [2.24, 2.45) is 0 Å². The summed E-state index contributed by atoms with van der Waals surface area (Å²) in [6.07, 6.45) is 8.68. The van der Waals surface area contributed by atoms with Crippen LogP contribution in [0.5, 0.6) is 11.8 Å². The number of hydrogen-bond donors (Lipinski definition) is 1. The van der Waals surface area contributed by atoms with E-state index in [1.54, 1.807) is 6.20 Å². The van der Waals surface area contributed by atoms with Crippen molar-refractivity contribution in [3.8, 4) is 46.9 Å². The summed E-state index contributed by atoms with van der Waals surface area (Å²) < 4.78 is 43.4. The fraction of sp³-hybridized carbons (Fsp3) is 0.154. The molecule has 0 saturated carbocycles. The minimum absolute atomic E-state index is 0.0593. The molecule has 0 fully saturated rings. The molecule has 2 aromatic carbocycles. The lowest BCUT2D eigenvalue weighted by Crippen LogP contribution is -2.17. The Morgan fingerprint density at radius 1 is 1.14 bits per heavy atom. The van der Waals surface area contributed by atoms with E-state index in [4.69, 9.17) is 15.9 Å². The molecule has 6 rings (SSSR count). The molecule has 0 amide bonds. The Bertz CT molecular complexity index is 1740. The minimum Gasteiger partial charge on any atom is -0.508 e. The van der Waals surface area contributed by atoms with E-state index in [0.717, 1.165) is 5.69 Å². The van der Waals surface area contributed by atoms with Gasteiger partial charge in [0.15, 0.2) is 11.6 Å². The average Bonchev–Trinajstić information content (AvgIpc) is 3.32. The van der Waals surface area contributed by atoms with Gasteiger partial charge in [0.2, 0.25) is 0 Å². The van der Waals surface area contributed by atoms with Gasteiger partial charge in [-0.05, 0) is 23.6 Å². The van der Waals surface area contributed by atoms with Crippen molar-refractivity contribution >= 4 is 21.7 Å². The number of imidazole rings is 1. The van der Waals surface area contributed by atoms with E-state index in [1.807, 2.05) is 4.57 Å². The molecule has 8 nitrogen and oxygen atoms in total. The molecule has 178 valence electrons. The van der Waals surface area contributed by atoms with Gasteiger partial charge in [0.1, 0.15) is 28.5 Å². The lowest BCUT2D eigenvalue weighted by atomic mass is 9.95. The number of phenolic OH excluding ortho intramolecular Hbond substituents is 1. The van der Waals surface area contributed by atoms with Gasteiger partial charge >= 0.3 is 6.01 Å². The number of methoxy groups -OCH3 is 1. The van der Waals surface area contributed by atoms with Crippen LogP contribution in [-0.4, -0.2) is 43.3 Å². The van der Waals surface area contributed by atoms with Crippen molar-refractivity contribution < 1.29 is 23.4 Å². The second-order valence-electron chi connectivity index (χ2n) is 8.18. The zero-order valence-corrected chi connectivity index (χ0v) is 18.9. The van der Waals surface area contributed by atoms with Gasteiger partial charge in [-0.2, -0.15) is 9.97 Å². The molecule has 1 aliphatic rings. The highest BCUT2D eigenvalue weighted by molar-refractivity contribution is 6.03. The first kappa shape index (κ1) is 21.9. The van der Waals surface area contributed by atoms with E-state index in [9.17, 15) is 9.50 Å². The minimum atomic E-state index is -0.803. The fourth-order valence-electron chi connectivity index (χ4n) is 4.54. The summed E-state index contributed by atoms with van der Waals surface area (Å²) in [6.45, 7) is 1.47. The SMILES string of the molecule is C#Cc1c(F)ccc2cc(O)cc(-c3ncc4c(-c5ncc6n5CCOC6)nc(OC)nc4c3F)c12. The van der Waals surface area contributed by atoms with Crippen LogP contribution in [0.4, 0.5) is 8.78 Å². The summed E-state index contributed by atoms with van der Waals surface area (Å²) in [5.74, 6) is 1.24. The first-order valence-electron chi connectivity index (χ1n) is 10.9. The first-order valence-corrected chi connectivity index (χ1v) is 10.9. The van der Waals surface area contributed by atoms with Gasteiger partial charge in [-0.15, -0.1) is 6.42 Å². The predicted octanol–water partition coefficient (Wildman–Crippen LogP) is 4.21. The summed E-state index contributed by atoms with van der Waals surface area (Å²) >= 11 is 0. The third-order valence-corrected chi connectivity index (χ3v) is 6.16. The van der Waals surface area contributed by atoms with Gasteiger partial charge in [-0.25, -0.2) is 13.8 Å². The zero-order chi connectivity index (χ0) is 25.0. The number of benzene rings is 2. The van der Waals surface area contributed by atoms with Crippen LogP contribution in [-0.2, 0) is 17.9 Å². The standard InChI is InChI=1S/C26H17F2N5O3/c1-3-16-19(27)5-4-13-8-15(34)9-17(20(13)16)22-21(28)23-18(11-29-22)24(32-26(31-23)35-2)25-30-10-14-12-36-7-6-33(14)25/h1,4-5,8-11,34H,6-7,12H2,2H3. The Morgan fingerprint density at radius 2 is 2.00 bits per heavy atom. The summed E-state index contributed by atoms with van der Waals surface area (Å²) in [6, 6.07) is 5.32. The third kappa shape index (κ3) is 3.25. The second-order valence-corrected chi connectivity index (χ2v) is 8.18. The number of aromatic nitrogens is 5. The number of aromatic hydroxyl groups is 1. The van der Waals surface area contributed by atoms with Crippen molar-refractivity contribution in [1.82, 2.24) is 24.5 Å². The number of nitrogens with zero attached hydrogens (tertiary/aromatic N) is 5. The van der Waals surface area contributed by atoms with Gasteiger partial charge in [-0.3, -0.25) is 4.98 Å². The summed E-state index contributed by atoms with van der Waals surface area (Å²) in [4.78, 5) is 17.5. The number of ether oxygens (including phenoxy) is 2. The molecule has 0 bridgehead atoms. The summed E-state index contributed by atoms with van der Waals surface area (Å²) in [7, 11) is 1.38. The number of rotatable bonds is 3. The molecule has 0 radical (unpaired) electrons. The molecule has 36 heavy (non-hydrogen) atoms. The third-order valence-electron chi connectivity index (χ3n) is 6.16. The number of fused-ring (bicyclic) bond motifs is 3. The molecule has 0 aliphatic carbocycles. The molecule has 1 aliphatic heterocycles. The van der Waals surface area contributed by atoms with E-state index in [-0.39, 0.29) is 39.5 Å². The monoisotopic (exact) mass is 485 g/mol. The van der Waals surface area contributed by atoms with Crippen LogP contribution in [0.3, 0.4) is 0 Å². The Balaban J connectivity index is 1.65. The Morgan fingerprint density at radius 3 is 2.81 bits per heavy atom. The molecule has 0 unspecified atom stereocenters. The van der Waals surface area contributed by atoms with E-state index in [0.29, 0.717) is 42.0 Å². The molecule has 0 saturated heterocycles. The summed E-state index contributed by atoms with van der Waals surface area (Å²) in [5, 5.41) is 11.3. The zero-order valence-electron chi connectivity index (χ0n) is 18.9. The molecule has 10 heteroatoms. The fourth-order valence-corrected chi connectivity index (χ4v) is 4.54. The molecule has 0 spiro atoms. The van der Waals surface area contributed by atoms with E-state index in [2.05, 4.69) is 25.9 Å². The Kier molecular flexibility index (Phi) is 5.01. The van der Waals surface area contributed by atoms with Crippen LogP contribution in [0.15, 0.2) is 36.7 Å². The van der Waals surface area contributed by atoms with Gasteiger partial charge in [0.05, 0.1) is 43.2 Å². The number of phenols is 1. The maximum atomic E-state index is 16.1. The first-order chi connectivity index (χ1) is 17.5. The van der Waals surface area contributed by atoms with Crippen molar-refractivity contribution in [1.29, 1.82) is 0 Å². The lowest BCUT2D eigenvalue weighted by molar-refractivity contribution is 0.0856. The Hall–Kier alpha value is -4.62. The normalized spacial score (nSPS) is 13.1. The van der Waals surface area contributed by atoms with Crippen molar-refractivity contribution in [2.75, 3.05) is 13.7 Å². The van der Waals surface area contributed by atoms with Gasteiger partial charge in [0, 0.05) is 23.7 Å². The maximum Gasteiger partial charge on any atom is 0.317 e. The second kappa shape index (κ2) is 8.25. The van der Waals surface area contributed by atoms with Crippen LogP contribution in [0.25, 0.3) is 44.5 Å². The van der Waals surface area contributed by atoms with E-state index in [1.165, 1.54) is 37.6 Å². The van der Waals surface area contributed by atoms with Crippen molar-refractivity contribution in [2.45, 2.75) is 13.2 Å². The predicted molar refractivity (Wildman–Crippen MR) is 127 cm³/mol. The molecule has 4 heterocycles. The van der Waals surface area contributed by atoms with Crippen molar-refractivity contribution in [3.05, 3.63) is 59.6 Å². The van der Waals surface area contributed by atoms with Gasteiger partial charge < -0.3 is 19.1 Å². The lowest BCUT2D eigenvalue weighted by Gasteiger charge is -2.18. The number of pyridine rings is 1. The number of halogens is 2. The quantitative estimate of drug-likeness (QED) is 0.383. The molecular formula is C26H17F2N5O3. The largest absolute Gasteiger partial charge is 0.508 e. The highest BCUT2D eigenvalue weighted by Gasteiger charge is 2.24. The van der Waals surface area contributed by atoms with Crippen LogP contribution in [0.1, 0.15) is 11.3 Å². The van der Waals surface area contributed by atoms with Crippen LogP contribution in [0.2, 0.25) is 0 Å². The molecule has 0 atom stereocenters. The molecular weight excluding hydrogens is 468 g/mol. The van der Waals surface area contributed by atoms with Gasteiger partial charge in [-0.1, -0.05) is 12.0 Å². The highest BCUT2D eigenvalue weighted by atomic mass is 19.1. The van der Waals surface area contributed by atoms with Crippen LogP contribution in [0, 0.1) is 24.0 Å². The van der Waals surface area contributed by atoms with Gasteiger partial charge in [0.25, 0.3) is 0 Å². The van der Waals surface area contributed by atoms with Crippen LogP contribution >= 0.6 is 0 Å². The molecule has 3 aromatic heterocycles. The average molecular weight is 485 g/mol. The summed E-state index contributed by atoms with van der Waals surface area (Å²) in [5.41, 5.74) is 1.06. The maximum absolute atomic E-state index is 16.1. The van der Waals surface area contributed by atoms with Crippen LogP contribution < -0.4 is 4.74 Å². The molecule has 5 aromatic rings. The van der Waals surface area contributed by atoms with Crippen molar-refractivity contribution in [3.63, 3.8) is 0 Å². The number of terminal acetylenes is 1. The highest BCUT2D eigenvalue weighted by Crippen LogP contribution is 2.38. The smallest absolute Gasteiger partial charge is 0.317 e.